The van der Waals surface area contributed by atoms with E-state index < -0.39 is 0 Å². The second-order valence-corrected chi connectivity index (χ2v) is 7.79. The predicted octanol–water partition coefficient (Wildman–Crippen LogP) is 3.93. The lowest BCUT2D eigenvalue weighted by Gasteiger charge is -2.27. The number of hydrogen-bond acceptors (Lipinski definition) is 4. The molecule has 5 heteroatoms. The number of carbonyl (C=O) groups is 1. The van der Waals surface area contributed by atoms with Crippen molar-refractivity contribution in [2.45, 2.75) is 32.9 Å². The molecule has 1 aliphatic rings. The van der Waals surface area contributed by atoms with E-state index in [0.29, 0.717) is 13.0 Å². The Labute approximate surface area is 171 Å². The number of amides is 1. The van der Waals surface area contributed by atoms with Crippen molar-refractivity contribution in [2.75, 3.05) is 20.2 Å². The van der Waals surface area contributed by atoms with Crippen LogP contribution in [0.1, 0.15) is 24.5 Å². The van der Waals surface area contributed by atoms with Crippen LogP contribution in [0.3, 0.4) is 0 Å². The Morgan fingerprint density at radius 3 is 2.72 bits per heavy atom. The van der Waals surface area contributed by atoms with Crippen LogP contribution < -0.4 is 10.1 Å². The molecule has 4 rings (SSSR count). The van der Waals surface area contributed by atoms with Crippen LogP contribution in [0.2, 0.25) is 0 Å². The van der Waals surface area contributed by atoms with Gasteiger partial charge in [0, 0.05) is 43.0 Å². The average Bonchev–Trinajstić information content (AvgIpc) is 2.89. The number of carbonyl (C=O) groups excluding carboxylic acids is 1. The summed E-state index contributed by atoms with van der Waals surface area (Å²) in [5.74, 6) is 0.958. The molecule has 29 heavy (non-hydrogen) atoms. The maximum atomic E-state index is 11.8. The summed E-state index contributed by atoms with van der Waals surface area (Å²) in [4.78, 5) is 19.2. The first kappa shape index (κ1) is 19.4. The van der Waals surface area contributed by atoms with E-state index in [1.807, 2.05) is 12.1 Å². The fraction of sp³-hybridized carbons (Fsp3) is 0.333. The largest absolute Gasteiger partial charge is 0.497 e. The molecular weight excluding hydrogens is 362 g/mol. The maximum Gasteiger partial charge on any atom is 0.221 e. The van der Waals surface area contributed by atoms with Crippen LogP contribution in [0.25, 0.3) is 22.2 Å². The quantitative estimate of drug-likeness (QED) is 0.735. The molecule has 3 aromatic rings. The van der Waals surface area contributed by atoms with Gasteiger partial charge in [0.25, 0.3) is 0 Å². The lowest BCUT2D eigenvalue weighted by atomic mass is 10.0. The zero-order valence-corrected chi connectivity index (χ0v) is 17.2. The summed E-state index contributed by atoms with van der Waals surface area (Å²) < 4.78 is 5.31. The van der Waals surface area contributed by atoms with Crippen LogP contribution in [0.4, 0.5) is 0 Å². The molecular formula is C24H27N3O2. The lowest BCUT2D eigenvalue weighted by Crippen LogP contribution is -2.37. The molecule has 0 bridgehead atoms. The highest BCUT2D eigenvalue weighted by molar-refractivity contribution is 5.84. The second kappa shape index (κ2) is 8.21. The second-order valence-electron chi connectivity index (χ2n) is 7.79. The summed E-state index contributed by atoms with van der Waals surface area (Å²) in [5, 5.41) is 4.13. The fourth-order valence-corrected chi connectivity index (χ4v) is 3.84. The number of nitrogens with zero attached hydrogens (tertiary/aromatic N) is 2. The number of methoxy groups -OCH3 is 1. The molecule has 0 aliphatic carbocycles. The first-order chi connectivity index (χ1) is 14.0. The van der Waals surface area contributed by atoms with E-state index in [1.165, 1.54) is 11.1 Å². The molecule has 1 saturated heterocycles. The standard InChI is InChI=1S/C24H27N3O2/c1-16-4-5-19-13-20(15-27-11-10-23(28)25-14-17(27)2)24(26-22(19)12-16)18-6-8-21(29-3)9-7-18/h4-9,12-13,17H,10-11,14-15H2,1-3H3,(H,25,28)/t17-/m1/s1. The highest BCUT2D eigenvalue weighted by Crippen LogP contribution is 2.29. The Morgan fingerprint density at radius 1 is 1.17 bits per heavy atom. The number of benzene rings is 2. The molecule has 1 N–H and O–H groups in total. The number of pyridine rings is 1. The Kier molecular flexibility index (Phi) is 5.49. The third-order valence-electron chi connectivity index (χ3n) is 5.63. The molecule has 5 nitrogen and oxygen atoms in total. The van der Waals surface area contributed by atoms with Crippen molar-refractivity contribution in [3.05, 3.63) is 59.7 Å². The van der Waals surface area contributed by atoms with Crippen molar-refractivity contribution in [3.8, 4) is 17.0 Å². The summed E-state index contributed by atoms with van der Waals surface area (Å²) >= 11 is 0. The minimum atomic E-state index is 0.127. The highest BCUT2D eigenvalue weighted by Gasteiger charge is 2.22. The molecule has 1 amide bonds. The van der Waals surface area contributed by atoms with E-state index in [1.54, 1.807) is 7.11 Å². The molecule has 1 aromatic heterocycles. The van der Waals surface area contributed by atoms with E-state index in [0.717, 1.165) is 41.0 Å². The summed E-state index contributed by atoms with van der Waals surface area (Å²) in [6, 6.07) is 17.0. The van der Waals surface area contributed by atoms with Gasteiger partial charge in [0.1, 0.15) is 5.75 Å². The Hall–Kier alpha value is -2.92. The van der Waals surface area contributed by atoms with Gasteiger partial charge in [-0.2, -0.15) is 0 Å². The lowest BCUT2D eigenvalue weighted by molar-refractivity contribution is -0.120. The zero-order chi connectivity index (χ0) is 20.4. The van der Waals surface area contributed by atoms with Gasteiger partial charge in [-0.1, -0.05) is 12.1 Å². The van der Waals surface area contributed by atoms with Crippen molar-refractivity contribution >= 4 is 16.8 Å². The van der Waals surface area contributed by atoms with Gasteiger partial charge in [-0.05, 0) is 61.4 Å². The van der Waals surface area contributed by atoms with Crippen molar-refractivity contribution in [1.82, 2.24) is 15.2 Å². The van der Waals surface area contributed by atoms with Crippen molar-refractivity contribution < 1.29 is 9.53 Å². The van der Waals surface area contributed by atoms with Gasteiger partial charge in [-0.25, -0.2) is 4.98 Å². The summed E-state index contributed by atoms with van der Waals surface area (Å²) in [7, 11) is 1.67. The number of hydrogen-bond donors (Lipinski definition) is 1. The van der Waals surface area contributed by atoms with Crippen LogP contribution in [0.15, 0.2) is 48.5 Å². The summed E-state index contributed by atoms with van der Waals surface area (Å²) in [6.45, 7) is 6.44. The van der Waals surface area contributed by atoms with Crippen molar-refractivity contribution in [3.63, 3.8) is 0 Å². The number of aromatic nitrogens is 1. The van der Waals surface area contributed by atoms with Crippen molar-refractivity contribution in [1.29, 1.82) is 0 Å². The van der Waals surface area contributed by atoms with Gasteiger partial charge in [0.15, 0.2) is 0 Å². The number of aryl methyl sites for hydroxylation is 1. The molecule has 2 aromatic carbocycles. The van der Waals surface area contributed by atoms with Gasteiger partial charge >= 0.3 is 0 Å². The van der Waals surface area contributed by atoms with E-state index in [4.69, 9.17) is 9.72 Å². The fourth-order valence-electron chi connectivity index (χ4n) is 3.84. The molecule has 150 valence electrons. The van der Waals surface area contributed by atoms with Crippen LogP contribution in [0, 0.1) is 6.92 Å². The van der Waals surface area contributed by atoms with E-state index in [-0.39, 0.29) is 11.9 Å². The van der Waals surface area contributed by atoms with Crippen LogP contribution in [-0.2, 0) is 11.3 Å². The van der Waals surface area contributed by atoms with Gasteiger partial charge in [-0.15, -0.1) is 0 Å². The summed E-state index contributed by atoms with van der Waals surface area (Å²) in [6.07, 6.45) is 0.530. The maximum absolute atomic E-state index is 11.8. The third-order valence-corrected chi connectivity index (χ3v) is 5.63. The van der Waals surface area contributed by atoms with Gasteiger partial charge in [0.05, 0.1) is 18.3 Å². The first-order valence-electron chi connectivity index (χ1n) is 10.1. The topological polar surface area (TPSA) is 54.5 Å². The van der Waals surface area contributed by atoms with E-state index in [2.05, 4.69) is 60.5 Å². The average molecular weight is 389 g/mol. The smallest absolute Gasteiger partial charge is 0.221 e. The Balaban J connectivity index is 1.77. The molecule has 0 radical (unpaired) electrons. The Bertz CT molecular complexity index is 1030. The summed E-state index contributed by atoms with van der Waals surface area (Å²) in [5.41, 5.74) is 5.43. The van der Waals surface area contributed by atoms with E-state index >= 15 is 0 Å². The van der Waals surface area contributed by atoms with Crippen LogP contribution >= 0.6 is 0 Å². The highest BCUT2D eigenvalue weighted by atomic mass is 16.5. The SMILES string of the molecule is COc1ccc(-c2nc3cc(C)ccc3cc2CN2CCC(=O)NC[C@H]2C)cc1. The number of rotatable bonds is 4. The van der Waals surface area contributed by atoms with Crippen LogP contribution in [0.5, 0.6) is 5.75 Å². The molecule has 2 heterocycles. The molecule has 0 spiro atoms. The normalized spacial score (nSPS) is 17.8. The molecule has 0 saturated carbocycles. The van der Waals surface area contributed by atoms with Gasteiger partial charge in [-0.3, -0.25) is 9.69 Å². The molecule has 1 atom stereocenters. The minimum absolute atomic E-state index is 0.127. The first-order valence-corrected chi connectivity index (χ1v) is 10.1. The number of ether oxygens (including phenoxy) is 1. The molecule has 0 unspecified atom stereocenters. The number of nitrogens with one attached hydrogen (secondary N) is 1. The third kappa shape index (κ3) is 4.25. The minimum Gasteiger partial charge on any atom is -0.497 e. The van der Waals surface area contributed by atoms with Crippen molar-refractivity contribution in [2.24, 2.45) is 0 Å². The van der Waals surface area contributed by atoms with Gasteiger partial charge < -0.3 is 10.1 Å². The number of fused-ring (bicyclic) bond motifs is 1. The molecule has 1 fully saturated rings. The van der Waals surface area contributed by atoms with Crippen LogP contribution in [-0.4, -0.2) is 42.0 Å². The monoisotopic (exact) mass is 389 g/mol. The Morgan fingerprint density at radius 2 is 1.97 bits per heavy atom. The van der Waals surface area contributed by atoms with E-state index in [9.17, 15) is 4.79 Å². The predicted molar refractivity (Wildman–Crippen MR) is 116 cm³/mol. The molecule has 1 aliphatic heterocycles. The zero-order valence-electron chi connectivity index (χ0n) is 17.2. The van der Waals surface area contributed by atoms with Gasteiger partial charge in [0.2, 0.25) is 5.91 Å².